The number of hydrogen-bond acceptors (Lipinski definition) is 5. The van der Waals surface area contributed by atoms with Crippen LogP contribution in [0.15, 0.2) is 29.2 Å². The molecule has 0 aliphatic heterocycles. The Hall–Kier alpha value is -2.00. The van der Waals surface area contributed by atoms with E-state index in [9.17, 15) is 23.3 Å². The maximum atomic E-state index is 12.0. The number of nitrogens with one attached hydrogen (secondary N) is 1. The molecule has 0 bridgehead atoms. The normalized spacial score (nSPS) is 12.8. The van der Waals surface area contributed by atoms with Crippen molar-refractivity contribution in [3.63, 3.8) is 0 Å². The SMILES string of the molecule is CC(CCC(=O)O)NS(=O)(=O)c1cccc([N+](=O)[O-])c1. The average molecular weight is 302 g/mol. The molecule has 8 nitrogen and oxygen atoms in total. The summed E-state index contributed by atoms with van der Waals surface area (Å²) >= 11 is 0. The highest BCUT2D eigenvalue weighted by molar-refractivity contribution is 7.89. The first-order valence-electron chi connectivity index (χ1n) is 5.71. The summed E-state index contributed by atoms with van der Waals surface area (Å²) in [5, 5.41) is 19.1. The Morgan fingerprint density at radius 2 is 2.15 bits per heavy atom. The number of benzene rings is 1. The third-order valence-corrected chi connectivity index (χ3v) is 4.07. The van der Waals surface area contributed by atoms with Gasteiger partial charge in [0, 0.05) is 24.6 Å². The maximum absolute atomic E-state index is 12.0. The van der Waals surface area contributed by atoms with Crippen molar-refractivity contribution in [2.45, 2.75) is 30.7 Å². The van der Waals surface area contributed by atoms with E-state index in [1.54, 1.807) is 0 Å². The van der Waals surface area contributed by atoms with Gasteiger partial charge in [-0.2, -0.15) is 0 Å². The maximum Gasteiger partial charge on any atom is 0.303 e. The molecule has 1 aromatic carbocycles. The van der Waals surface area contributed by atoms with Gasteiger partial charge in [0.15, 0.2) is 0 Å². The molecular formula is C11H14N2O6S. The predicted molar refractivity (Wildman–Crippen MR) is 69.7 cm³/mol. The number of carbonyl (C=O) groups is 1. The summed E-state index contributed by atoms with van der Waals surface area (Å²) in [4.78, 5) is 20.1. The van der Waals surface area contributed by atoms with Crippen molar-refractivity contribution >= 4 is 21.7 Å². The first kappa shape index (κ1) is 16.1. The van der Waals surface area contributed by atoms with Crippen molar-refractivity contribution in [1.82, 2.24) is 4.72 Å². The standard InChI is InChI=1S/C11H14N2O6S/c1-8(5-6-11(14)15)12-20(18,19)10-4-2-3-9(7-10)13(16)17/h2-4,7-8,12H,5-6H2,1H3,(H,14,15). The largest absolute Gasteiger partial charge is 0.481 e. The molecule has 0 spiro atoms. The van der Waals surface area contributed by atoms with Gasteiger partial charge in [0.05, 0.1) is 9.82 Å². The van der Waals surface area contributed by atoms with E-state index in [-0.39, 0.29) is 23.4 Å². The molecule has 0 radical (unpaired) electrons. The lowest BCUT2D eigenvalue weighted by molar-refractivity contribution is -0.385. The van der Waals surface area contributed by atoms with Crippen LogP contribution in [-0.2, 0) is 14.8 Å². The van der Waals surface area contributed by atoms with Gasteiger partial charge in [-0.3, -0.25) is 14.9 Å². The molecule has 0 heterocycles. The molecule has 0 aromatic heterocycles. The van der Waals surface area contributed by atoms with Gasteiger partial charge in [0.25, 0.3) is 5.69 Å². The van der Waals surface area contributed by atoms with Gasteiger partial charge in [0.1, 0.15) is 0 Å². The molecule has 20 heavy (non-hydrogen) atoms. The molecule has 0 saturated carbocycles. The Labute approximate surface area is 115 Å². The quantitative estimate of drug-likeness (QED) is 0.574. The van der Waals surface area contributed by atoms with Crippen molar-refractivity contribution in [3.8, 4) is 0 Å². The van der Waals surface area contributed by atoms with E-state index >= 15 is 0 Å². The summed E-state index contributed by atoms with van der Waals surface area (Å²) in [6.07, 6.45) is -0.0396. The lowest BCUT2D eigenvalue weighted by Crippen LogP contribution is -2.33. The van der Waals surface area contributed by atoms with Crippen LogP contribution in [0.25, 0.3) is 0 Å². The van der Waals surface area contributed by atoms with E-state index in [2.05, 4.69) is 4.72 Å². The van der Waals surface area contributed by atoms with Crippen LogP contribution < -0.4 is 4.72 Å². The number of sulfonamides is 1. The molecule has 0 fully saturated rings. The zero-order valence-corrected chi connectivity index (χ0v) is 11.5. The minimum absolute atomic E-state index is 0.128. The molecule has 0 aliphatic carbocycles. The summed E-state index contributed by atoms with van der Waals surface area (Å²) in [6.45, 7) is 1.53. The second-order valence-electron chi connectivity index (χ2n) is 4.21. The first-order valence-corrected chi connectivity index (χ1v) is 7.19. The Kier molecular flexibility index (Phi) is 5.17. The second-order valence-corrected chi connectivity index (χ2v) is 5.92. The second kappa shape index (κ2) is 6.44. The fourth-order valence-electron chi connectivity index (χ4n) is 1.50. The third-order valence-electron chi connectivity index (χ3n) is 2.49. The van der Waals surface area contributed by atoms with Crippen LogP contribution in [0.2, 0.25) is 0 Å². The Balaban J connectivity index is 2.85. The summed E-state index contributed by atoms with van der Waals surface area (Å²) in [5.41, 5.74) is -0.328. The highest BCUT2D eigenvalue weighted by Crippen LogP contribution is 2.17. The Morgan fingerprint density at radius 1 is 1.50 bits per heavy atom. The summed E-state index contributed by atoms with van der Waals surface area (Å²) in [7, 11) is -3.91. The average Bonchev–Trinajstić information content (AvgIpc) is 2.36. The molecule has 0 aliphatic rings. The number of carboxylic acids is 1. The van der Waals surface area contributed by atoms with Crippen LogP contribution in [0.1, 0.15) is 19.8 Å². The number of nitro benzene ring substituents is 1. The lowest BCUT2D eigenvalue weighted by atomic mass is 10.2. The van der Waals surface area contributed by atoms with E-state index in [0.29, 0.717) is 0 Å². The smallest absolute Gasteiger partial charge is 0.303 e. The number of hydrogen-bond donors (Lipinski definition) is 2. The van der Waals surface area contributed by atoms with Crippen LogP contribution in [0.5, 0.6) is 0 Å². The minimum Gasteiger partial charge on any atom is -0.481 e. The van der Waals surface area contributed by atoms with Crippen molar-refractivity contribution in [3.05, 3.63) is 34.4 Å². The van der Waals surface area contributed by atoms with Crippen molar-refractivity contribution in [1.29, 1.82) is 0 Å². The fourth-order valence-corrected chi connectivity index (χ4v) is 2.81. The number of non-ortho nitro benzene ring substituents is 1. The Morgan fingerprint density at radius 3 is 2.70 bits per heavy atom. The van der Waals surface area contributed by atoms with Gasteiger partial charge in [-0.1, -0.05) is 6.07 Å². The van der Waals surface area contributed by atoms with Crippen molar-refractivity contribution in [2.24, 2.45) is 0 Å². The number of rotatable bonds is 7. The Bertz CT molecular complexity index is 613. The number of carboxylic acid groups (broad SMARTS) is 1. The van der Waals surface area contributed by atoms with Crippen LogP contribution in [0, 0.1) is 10.1 Å². The highest BCUT2D eigenvalue weighted by Gasteiger charge is 2.20. The van der Waals surface area contributed by atoms with E-state index in [4.69, 9.17) is 5.11 Å². The minimum atomic E-state index is -3.91. The highest BCUT2D eigenvalue weighted by atomic mass is 32.2. The molecule has 2 N–H and O–H groups in total. The summed E-state index contributed by atoms with van der Waals surface area (Å²) in [5.74, 6) is -1.02. The van der Waals surface area contributed by atoms with E-state index in [1.165, 1.54) is 25.1 Å². The van der Waals surface area contributed by atoms with Gasteiger partial charge < -0.3 is 5.11 Å². The molecule has 0 saturated heterocycles. The zero-order chi connectivity index (χ0) is 15.3. The van der Waals surface area contributed by atoms with Crippen LogP contribution in [0.3, 0.4) is 0 Å². The predicted octanol–water partition coefficient (Wildman–Crippen LogP) is 1.13. The molecular weight excluding hydrogens is 288 g/mol. The molecule has 1 rings (SSSR count). The van der Waals surface area contributed by atoms with Gasteiger partial charge in [0.2, 0.25) is 10.0 Å². The first-order chi connectivity index (χ1) is 9.22. The number of aliphatic carboxylic acids is 1. The van der Waals surface area contributed by atoms with Crippen LogP contribution in [-0.4, -0.2) is 30.5 Å². The zero-order valence-electron chi connectivity index (χ0n) is 10.6. The topological polar surface area (TPSA) is 127 Å². The van der Waals surface area contributed by atoms with E-state index < -0.39 is 27.0 Å². The van der Waals surface area contributed by atoms with E-state index in [0.717, 1.165) is 6.07 Å². The van der Waals surface area contributed by atoms with E-state index in [1.807, 2.05) is 0 Å². The van der Waals surface area contributed by atoms with Gasteiger partial charge in [-0.25, -0.2) is 13.1 Å². The van der Waals surface area contributed by atoms with Gasteiger partial charge >= 0.3 is 5.97 Å². The summed E-state index contributed by atoms with van der Waals surface area (Å²) in [6, 6.07) is 4.06. The van der Waals surface area contributed by atoms with Crippen LogP contribution >= 0.6 is 0 Å². The number of nitro groups is 1. The van der Waals surface area contributed by atoms with Gasteiger partial charge in [-0.15, -0.1) is 0 Å². The van der Waals surface area contributed by atoms with Gasteiger partial charge in [-0.05, 0) is 19.4 Å². The monoisotopic (exact) mass is 302 g/mol. The van der Waals surface area contributed by atoms with Crippen molar-refractivity contribution in [2.75, 3.05) is 0 Å². The lowest BCUT2D eigenvalue weighted by Gasteiger charge is -2.13. The molecule has 0 amide bonds. The van der Waals surface area contributed by atoms with Crippen molar-refractivity contribution < 1.29 is 23.2 Å². The fraction of sp³-hybridized carbons (Fsp3) is 0.364. The molecule has 9 heteroatoms. The summed E-state index contributed by atoms with van der Waals surface area (Å²) < 4.78 is 26.2. The molecule has 1 atom stereocenters. The molecule has 1 unspecified atom stereocenters. The number of nitrogens with zero attached hydrogens (tertiary/aromatic N) is 1. The molecule has 110 valence electrons. The third kappa shape index (κ3) is 4.59. The van der Waals surface area contributed by atoms with Crippen LogP contribution in [0.4, 0.5) is 5.69 Å². The molecule has 1 aromatic rings.